The van der Waals surface area contributed by atoms with Gasteiger partial charge in [0.2, 0.25) is 0 Å². The normalized spacial score (nSPS) is 12.5. The highest BCUT2D eigenvalue weighted by Gasteiger charge is 2.16. The van der Waals surface area contributed by atoms with Crippen molar-refractivity contribution in [2.45, 2.75) is 12.6 Å². The van der Waals surface area contributed by atoms with E-state index >= 15 is 0 Å². The SMILES string of the molecule is O=C(Cl)C(F)Cc1ccccc1F. The van der Waals surface area contributed by atoms with Crippen LogP contribution >= 0.6 is 11.6 Å². The Morgan fingerprint density at radius 3 is 2.62 bits per heavy atom. The van der Waals surface area contributed by atoms with Crippen molar-refractivity contribution < 1.29 is 13.6 Å². The fourth-order valence-corrected chi connectivity index (χ4v) is 1.01. The van der Waals surface area contributed by atoms with Gasteiger partial charge in [0.1, 0.15) is 5.82 Å². The first-order chi connectivity index (χ1) is 6.11. The van der Waals surface area contributed by atoms with Crippen molar-refractivity contribution in [1.82, 2.24) is 0 Å². The number of benzene rings is 1. The van der Waals surface area contributed by atoms with Gasteiger partial charge in [-0.05, 0) is 23.2 Å². The molecule has 1 nitrogen and oxygen atoms in total. The first-order valence-electron chi connectivity index (χ1n) is 3.68. The van der Waals surface area contributed by atoms with E-state index in [1.165, 1.54) is 18.2 Å². The summed E-state index contributed by atoms with van der Waals surface area (Å²) in [6.07, 6.45) is -2.15. The molecule has 0 aliphatic heterocycles. The molecule has 0 aromatic heterocycles. The van der Waals surface area contributed by atoms with E-state index in [1.807, 2.05) is 0 Å². The van der Waals surface area contributed by atoms with E-state index in [-0.39, 0.29) is 12.0 Å². The third-order valence-electron chi connectivity index (χ3n) is 1.60. The zero-order chi connectivity index (χ0) is 9.84. The molecular formula is C9H7ClF2O. The first-order valence-corrected chi connectivity index (χ1v) is 4.06. The molecule has 1 atom stereocenters. The summed E-state index contributed by atoms with van der Waals surface area (Å²) in [5.74, 6) is -0.525. The van der Waals surface area contributed by atoms with Gasteiger partial charge < -0.3 is 0 Å². The van der Waals surface area contributed by atoms with Gasteiger partial charge in [-0.15, -0.1) is 0 Å². The maximum Gasteiger partial charge on any atom is 0.256 e. The van der Waals surface area contributed by atoms with Crippen LogP contribution in [0.2, 0.25) is 0 Å². The number of halogens is 3. The topological polar surface area (TPSA) is 17.1 Å². The third-order valence-corrected chi connectivity index (χ3v) is 1.84. The fourth-order valence-electron chi connectivity index (χ4n) is 0.937. The summed E-state index contributed by atoms with van der Waals surface area (Å²) in [4.78, 5) is 10.3. The predicted octanol–water partition coefficient (Wildman–Crippen LogP) is 2.47. The Morgan fingerprint density at radius 1 is 1.46 bits per heavy atom. The predicted molar refractivity (Wildman–Crippen MR) is 45.9 cm³/mol. The smallest absolute Gasteiger partial charge is 0.256 e. The van der Waals surface area contributed by atoms with Crippen molar-refractivity contribution >= 4 is 16.8 Å². The molecule has 1 unspecified atom stereocenters. The Kier molecular flexibility index (Phi) is 3.37. The first kappa shape index (κ1) is 10.1. The van der Waals surface area contributed by atoms with Crippen LogP contribution in [0, 0.1) is 5.82 Å². The number of carbonyl (C=O) groups excluding carboxylic acids is 1. The highest BCUT2D eigenvalue weighted by atomic mass is 35.5. The second-order valence-electron chi connectivity index (χ2n) is 2.57. The van der Waals surface area contributed by atoms with Crippen LogP contribution in [0.1, 0.15) is 5.56 Å². The largest absolute Gasteiger partial charge is 0.278 e. The van der Waals surface area contributed by atoms with Gasteiger partial charge in [0, 0.05) is 6.42 Å². The van der Waals surface area contributed by atoms with E-state index in [2.05, 4.69) is 0 Å². The number of hydrogen-bond donors (Lipinski definition) is 0. The van der Waals surface area contributed by atoms with Crippen molar-refractivity contribution in [3.63, 3.8) is 0 Å². The lowest BCUT2D eigenvalue weighted by molar-refractivity contribution is -0.115. The number of carbonyl (C=O) groups is 1. The Morgan fingerprint density at radius 2 is 2.08 bits per heavy atom. The summed E-state index contributed by atoms with van der Waals surface area (Å²) in [5, 5.41) is -1.09. The van der Waals surface area contributed by atoms with Crippen LogP contribution < -0.4 is 0 Å². The number of hydrogen-bond acceptors (Lipinski definition) is 1. The summed E-state index contributed by atoms with van der Waals surface area (Å²) >= 11 is 4.89. The Labute approximate surface area is 79.3 Å². The molecule has 0 aliphatic carbocycles. The Bertz CT molecular complexity index is 314. The summed E-state index contributed by atoms with van der Waals surface area (Å²) in [6.45, 7) is 0. The van der Waals surface area contributed by atoms with E-state index in [9.17, 15) is 13.6 Å². The minimum atomic E-state index is -1.83. The van der Waals surface area contributed by atoms with Gasteiger partial charge in [0.25, 0.3) is 5.24 Å². The molecule has 1 rings (SSSR count). The fraction of sp³-hybridized carbons (Fsp3) is 0.222. The van der Waals surface area contributed by atoms with Gasteiger partial charge >= 0.3 is 0 Å². The van der Waals surface area contributed by atoms with Crippen LogP contribution in [0.4, 0.5) is 8.78 Å². The highest BCUT2D eigenvalue weighted by Crippen LogP contribution is 2.12. The molecule has 1 aromatic rings. The van der Waals surface area contributed by atoms with Crippen molar-refractivity contribution in [3.8, 4) is 0 Å². The zero-order valence-corrected chi connectivity index (χ0v) is 7.39. The molecule has 13 heavy (non-hydrogen) atoms. The molecule has 0 spiro atoms. The second-order valence-corrected chi connectivity index (χ2v) is 2.94. The molecular weight excluding hydrogens is 198 g/mol. The Hall–Kier alpha value is -0.960. The van der Waals surface area contributed by atoms with Gasteiger partial charge in [-0.2, -0.15) is 0 Å². The summed E-state index contributed by atoms with van der Waals surface area (Å²) < 4.78 is 25.6. The van der Waals surface area contributed by atoms with E-state index < -0.39 is 17.2 Å². The lowest BCUT2D eigenvalue weighted by atomic mass is 10.1. The summed E-state index contributed by atoms with van der Waals surface area (Å²) in [7, 11) is 0. The molecule has 0 radical (unpaired) electrons. The average Bonchev–Trinajstić information content (AvgIpc) is 2.08. The molecule has 0 fully saturated rings. The maximum absolute atomic E-state index is 12.9. The van der Waals surface area contributed by atoms with Crippen LogP contribution in [-0.2, 0) is 11.2 Å². The van der Waals surface area contributed by atoms with Crippen LogP contribution in [0.3, 0.4) is 0 Å². The maximum atomic E-state index is 12.9. The van der Waals surface area contributed by atoms with Crippen LogP contribution in [0.25, 0.3) is 0 Å². The molecule has 4 heteroatoms. The van der Waals surface area contributed by atoms with Gasteiger partial charge in [-0.25, -0.2) is 8.78 Å². The van der Waals surface area contributed by atoms with Gasteiger partial charge in [0.05, 0.1) is 0 Å². The number of alkyl halides is 1. The summed E-state index contributed by atoms with van der Waals surface area (Å²) in [6, 6.07) is 5.70. The van der Waals surface area contributed by atoms with Crippen molar-refractivity contribution in [1.29, 1.82) is 0 Å². The average molecular weight is 205 g/mol. The van der Waals surface area contributed by atoms with Crippen LogP contribution in [0.5, 0.6) is 0 Å². The second kappa shape index (κ2) is 4.33. The minimum absolute atomic E-state index is 0.156. The molecule has 1 aromatic carbocycles. The van der Waals surface area contributed by atoms with E-state index in [0.29, 0.717) is 0 Å². The molecule has 0 N–H and O–H groups in total. The van der Waals surface area contributed by atoms with Crippen molar-refractivity contribution in [2.75, 3.05) is 0 Å². The monoisotopic (exact) mass is 204 g/mol. The minimum Gasteiger partial charge on any atom is -0.278 e. The standard InChI is InChI=1S/C9H7ClF2O/c10-9(13)8(12)5-6-3-1-2-4-7(6)11/h1-4,8H,5H2. The lowest BCUT2D eigenvalue weighted by Gasteiger charge is -2.03. The quantitative estimate of drug-likeness (QED) is 0.692. The van der Waals surface area contributed by atoms with Crippen molar-refractivity contribution in [3.05, 3.63) is 35.6 Å². The Balaban J connectivity index is 2.74. The van der Waals surface area contributed by atoms with E-state index in [4.69, 9.17) is 11.6 Å². The lowest BCUT2D eigenvalue weighted by Crippen LogP contribution is -2.13. The summed E-state index contributed by atoms with van der Waals surface area (Å²) in [5.41, 5.74) is 0.156. The van der Waals surface area contributed by atoms with E-state index in [0.717, 1.165) is 0 Å². The molecule has 0 aliphatic rings. The van der Waals surface area contributed by atoms with Crippen molar-refractivity contribution in [2.24, 2.45) is 0 Å². The molecule has 0 bridgehead atoms. The molecule has 0 saturated carbocycles. The van der Waals surface area contributed by atoms with Gasteiger partial charge in [-0.1, -0.05) is 18.2 Å². The third kappa shape index (κ3) is 2.77. The molecule has 0 saturated heterocycles. The van der Waals surface area contributed by atoms with Gasteiger partial charge in [-0.3, -0.25) is 4.79 Å². The van der Waals surface area contributed by atoms with Crippen LogP contribution in [0.15, 0.2) is 24.3 Å². The number of rotatable bonds is 3. The molecule has 0 amide bonds. The molecule has 0 heterocycles. The molecule has 70 valence electrons. The highest BCUT2D eigenvalue weighted by molar-refractivity contribution is 6.64. The van der Waals surface area contributed by atoms with E-state index in [1.54, 1.807) is 6.07 Å². The van der Waals surface area contributed by atoms with Crippen LogP contribution in [-0.4, -0.2) is 11.4 Å². The zero-order valence-electron chi connectivity index (χ0n) is 6.64. The van der Waals surface area contributed by atoms with Gasteiger partial charge in [0.15, 0.2) is 6.17 Å².